The molecule has 110 valence electrons. The van der Waals surface area contributed by atoms with Crippen molar-refractivity contribution in [1.82, 2.24) is 0 Å². The van der Waals surface area contributed by atoms with Crippen molar-refractivity contribution in [3.8, 4) is 0 Å². The summed E-state index contributed by atoms with van der Waals surface area (Å²) in [5.74, 6) is -4.42. The first-order valence-corrected chi connectivity index (χ1v) is 7.07. The Balaban J connectivity index is 3.13. The van der Waals surface area contributed by atoms with E-state index in [9.17, 15) is 18.4 Å². The summed E-state index contributed by atoms with van der Waals surface area (Å²) < 4.78 is 31.1. The van der Waals surface area contributed by atoms with Gasteiger partial charge in [-0.25, -0.2) is 8.78 Å². The summed E-state index contributed by atoms with van der Waals surface area (Å²) in [7, 11) is 0. The van der Waals surface area contributed by atoms with Crippen molar-refractivity contribution < 1.29 is 23.1 Å². The van der Waals surface area contributed by atoms with Crippen LogP contribution in [-0.2, 0) is 9.53 Å². The summed E-state index contributed by atoms with van der Waals surface area (Å²) in [6.07, 6.45) is 0.889. The number of carbonyl (C=O) groups excluding carboxylic acids is 2. The monoisotopic (exact) mass is 348 g/mol. The molecule has 1 rings (SSSR count). The fraction of sp³-hybridized carbons (Fsp3) is 0.429. The van der Waals surface area contributed by atoms with Gasteiger partial charge in [0.15, 0.2) is 17.4 Å². The second kappa shape index (κ2) is 7.47. The third-order valence-electron chi connectivity index (χ3n) is 2.77. The highest BCUT2D eigenvalue weighted by Gasteiger charge is 2.30. The number of carbonyl (C=O) groups is 2. The maximum absolute atomic E-state index is 13.5. The second-order valence-corrected chi connectivity index (χ2v) is 4.97. The molecule has 0 aliphatic heterocycles. The van der Waals surface area contributed by atoms with Crippen LogP contribution in [0.1, 0.15) is 37.0 Å². The molecular formula is C14H15BrF2O3. The summed E-state index contributed by atoms with van der Waals surface area (Å²) in [5.41, 5.74) is -0.0598. The quantitative estimate of drug-likeness (QED) is 0.339. The number of rotatable bonds is 6. The molecule has 20 heavy (non-hydrogen) atoms. The Kier molecular flexibility index (Phi) is 6.26. The zero-order valence-electron chi connectivity index (χ0n) is 11.2. The standard InChI is InChI=1S/C14H15BrF2O3/c1-3-5-9(14(19)20-4-2)13(18)8-6-7-10(16)12(17)11(8)15/h6-7,9H,3-5H2,1-2H3. The van der Waals surface area contributed by atoms with E-state index in [4.69, 9.17) is 4.74 Å². The molecule has 0 spiro atoms. The summed E-state index contributed by atoms with van der Waals surface area (Å²) in [4.78, 5) is 24.1. The van der Waals surface area contributed by atoms with Crippen LogP contribution in [0.15, 0.2) is 16.6 Å². The van der Waals surface area contributed by atoms with E-state index in [1.54, 1.807) is 6.92 Å². The number of Topliss-reactive ketones (excluding diaryl/α,β-unsaturated/α-hetero) is 1. The number of hydrogen-bond acceptors (Lipinski definition) is 3. The molecular weight excluding hydrogens is 334 g/mol. The van der Waals surface area contributed by atoms with Crippen LogP contribution in [0, 0.1) is 17.6 Å². The lowest BCUT2D eigenvalue weighted by molar-refractivity contribution is -0.146. The fourth-order valence-corrected chi connectivity index (χ4v) is 2.31. The van der Waals surface area contributed by atoms with Crippen molar-refractivity contribution in [2.45, 2.75) is 26.7 Å². The lowest BCUT2D eigenvalue weighted by Crippen LogP contribution is -2.26. The van der Waals surface area contributed by atoms with Crippen molar-refractivity contribution in [1.29, 1.82) is 0 Å². The normalized spacial score (nSPS) is 12.1. The van der Waals surface area contributed by atoms with Crippen molar-refractivity contribution in [2.75, 3.05) is 6.61 Å². The highest BCUT2D eigenvalue weighted by atomic mass is 79.9. The summed E-state index contributed by atoms with van der Waals surface area (Å²) >= 11 is 2.85. The molecule has 1 unspecified atom stereocenters. The molecule has 0 amide bonds. The Morgan fingerprint density at radius 2 is 1.95 bits per heavy atom. The maximum Gasteiger partial charge on any atom is 0.316 e. The van der Waals surface area contributed by atoms with Crippen LogP contribution in [0.5, 0.6) is 0 Å². The molecule has 0 radical (unpaired) electrons. The van der Waals surface area contributed by atoms with Crippen molar-refractivity contribution >= 4 is 27.7 Å². The van der Waals surface area contributed by atoms with E-state index in [1.807, 2.05) is 6.92 Å². The largest absolute Gasteiger partial charge is 0.465 e. The topological polar surface area (TPSA) is 43.4 Å². The van der Waals surface area contributed by atoms with E-state index in [-0.39, 0.29) is 16.6 Å². The van der Waals surface area contributed by atoms with Gasteiger partial charge in [0.1, 0.15) is 5.92 Å². The van der Waals surface area contributed by atoms with Crippen molar-refractivity contribution in [3.63, 3.8) is 0 Å². The number of ketones is 1. The van der Waals surface area contributed by atoms with Gasteiger partial charge in [-0.2, -0.15) is 0 Å². The number of esters is 1. The number of benzene rings is 1. The number of hydrogen-bond donors (Lipinski definition) is 0. The van der Waals surface area contributed by atoms with Gasteiger partial charge in [0.2, 0.25) is 0 Å². The van der Waals surface area contributed by atoms with Gasteiger partial charge in [0, 0.05) is 5.56 Å². The molecule has 0 bridgehead atoms. The van der Waals surface area contributed by atoms with Crippen LogP contribution < -0.4 is 0 Å². The molecule has 1 atom stereocenters. The van der Waals surface area contributed by atoms with E-state index >= 15 is 0 Å². The zero-order valence-corrected chi connectivity index (χ0v) is 12.8. The molecule has 0 aliphatic carbocycles. The SMILES string of the molecule is CCCC(C(=O)OCC)C(=O)c1ccc(F)c(F)c1Br. The Hall–Kier alpha value is -1.30. The van der Waals surface area contributed by atoms with E-state index in [0.29, 0.717) is 12.8 Å². The fourth-order valence-electron chi connectivity index (χ4n) is 1.79. The first kappa shape index (κ1) is 16.8. The van der Waals surface area contributed by atoms with Gasteiger partial charge in [-0.3, -0.25) is 9.59 Å². The molecule has 0 N–H and O–H groups in total. The molecule has 1 aromatic carbocycles. The minimum Gasteiger partial charge on any atom is -0.465 e. The molecule has 6 heteroatoms. The minimum absolute atomic E-state index is 0.0598. The molecule has 1 aromatic rings. The van der Waals surface area contributed by atoms with E-state index in [2.05, 4.69) is 15.9 Å². The highest BCUT2D eigenvalue weighted by Crippen LogP contribution is 2.27. The molecule has 3 nitrogen and oxygen atoms in total. The Labute approximate surface area is 124 Å². The number of halogens is 3. The zero-order chi connectivity index (χ0) is 15.3. The van der Waals surface area contributed by atoms with Crippen LogP contribution in [-0.4, -0.2) is 18.4 Å². The van der Waals surface area contributed by atoms with Crippen molar-refractivity contribution in [2.24, 2.45) is 5.92 Å². The molecule has 0 aromatic heterocycles. The summed E-state index contributed by atoms with van der Waals surface area (Å²) in [6.45, 7) is 3.62. The van der Waals surface area contributed by atoms with Gasteiger partial charge < -0.3 is 4.74 Å². The third kappa shape index (κ3) is 3.62. The lowest BCUT2D eigenvalue weighted by atomic mass is 9.93. The van der Waals surface area contributed by atoms with Gasteiger partial charge in [-0.1, -0.05) is 13.3 Å². The molecule has 0 fully saturated rings. The molecule has 0 saturated heterocycles. The minimum atomic E-state index is -1.14. The molecule has 0 saturated carbocycles. The number of ether oxygens (including phenoxy) is 1. The Bertz CT molecular complexity index is 517. The van der Waals surface area contributed by atoms with Crippen LogP contribution in [0.2, 0.25) is 0 Å². The first-order chi connectivity index (χ1) is 9.43. The van der Waals surface area contributed by atoms with E-state index < -0.39 is 29.3 Å². The van der Waals surface area contributed by atoms with E-state index in [0.717, 1.165) is 12.1 Å². The molecule has 0 heterocycles. The smallest absolute Gasteiger partial charge is 0.316 e. The summed E-state index contributed by atoms with van der Waals surface area (Å²) in [6, 6.07) is 2.02. The van der Waals surface area contributed by atoms with Crippen LogP contribution in [0.25, 0.3) is 0 Å². The maximum atomic E-state index is 13.5. The van der Waals surface area contributed by atoms with Crippen molar-refractivity contribution in [3.05, 3.63) is 33.8 Å². The van der Waals surface area contributed by atoms with Gasteiger partial charge in [-0.15, -0.1) is 0 Å². The van der Waals surface area contributed by atoms with Crippen LogP contribution in [0.4, 0.5) is 8.78 Å². The van der Waals surface area contributed by atoms with E-state index in [1.165, 1.54) is 0 Å². The first-order valence-electron chi connectivity index (χ1n) is 6.28. The van der Waals surface area contributed by atoms with Crippen LogP contribution >= 0.6 is 15.9 Å². The predicted octanol–water partition coefficient (Wildman–Crippen LogP) is 3.89. The van der Waals surface area contributed by atoms with Gasteiger partial charge in [-0.05, 0) is 41.4 Å². The van der Waals surface area contributed by atoms with Gasteiger partial charge in [0.05, 0.1) is 11.1 Å². The van der Waals surface area contributed by atoms with Crippen LogP contribution in [0.3, 0.4) is 0 Å². The highest BCUT2D eigenvalue weighted by molar-refractivity contribution is 9.10. The Morgan fingerprint density at radius 1 is 1.30 bits per heavy atom. The summed E-state index contributed by atoms with van der Waals surface area (Å²) in [5, 5.41) is 0. The Morgan fingerprint density at radius 3 is 2.50 bits per heavy atom. The second-order valence-electron chi connectivity index (χ2n) is 4.18. The average Bonchev–Trinajstić information content (AvgIpc) is 2.42. The van der Waals surface area contributed by atoms with Gasteiger partial charge in [0.25, 0.3) is 0 Å². The molecule has 0 aliphatic rings. The predicted molar refractivity (Wildman–Crippen MR) is 73.4 cm³/mol. The third-order valence-corrected chi connectivity index (χ3v) is 3.54. The lowest BCUT2D eigenvalue weighted by Gasteiger charge is -2.14. The average molecular weight is 349 g/mol. The van der Waals surface area contributed by atoms with Gasteiger partial charge >= 0.3 is 5.97 Å².